The molecule has 1 aromatic heterocycles. The first kappa shape index (κ1) is 15.6. The Morgan fingerprint density at radius 1 is 1.52 bits per heavy atom. The summed E-state index contributed by atoms with van der Waals surface area (Å²) in [5.41, 5.74) is -1.65. The molecule has 0 fully saturated rings. The number of pyridine rings is 1. The van der Waals surface area contributed by atoms with Gasteiger partial charge in [-0.15, -0.1) is 0 Å². The highest BCUT2D eigenvalue weighted by atomic mass is 35.5. The number of carbonyl (C=O) groups excluding carboxylic acids is 1. The molecule has 4 nitrogen and oxygen atoms in total. The van der Waals surface area contributed by atoms with Gasteiger partial charge in [-0.25, -0.2) is 4.39 Å². The second-order valence-corrected chi connectivity index (χ2v) is 6.04. The Bertz CT molecular complexity index is 679. The molecule has 0 radical (unpaired) electrons. The third-order valence-electron chi connectivity index (χ3n) is 3.63. The van der Waals surface area contributed by atoms with Crippen molar-refractivity contribution >= 4 is 17.4 Å². The number of halogens is 2. The lowest BCUT2D eigenvalue weighted by molar-refractivity contribution is -0.128. The number of ether oxygens (including phenoxy) is 1. The number of ketones is 1. The number of hydrogen-bond acceptors (Lipinski definition) is 4. The van der Waals surface area contributed by atoms with E-state index in [4.69, 9.17) is 16.3 Å². The molecule has 21 heavy (non-hydrogen) atoms. The molecule has 0 amide bonds. The second kappa shape index (κ2) is 5.21. The van der Waals surface area contributed by atoms with Gasteiger partial charge in [0.05, 0.1) is 22.5 Å². The zero-order valence-electron chi connectivity index (χ0n) is 11.9. The lowest BCUT2D eigenvalue weighted by Crippen LogP contribution is -2.42. The molecule has 1 aliphatic rings. The highest BCUT2D eigenvalue weighted by Gasteiger charge is 2.48. The van der Waals surface area contributed by atoms with E-state index in [0.717, 1.165) is 12.3 Å². The number of allylic oxidation sites excluding steroid dienone is 1. The van der Waals surface area contributed by atoms with Gasteiger partial charge in [0, 0.05) is 12.5 Å². The van der Waals surface area contributed by atoms with E-state index < -0.39 is 16.8 Å². The molecule has 0 saturated carbocycles. The van der Waals surface area contributed by atoms with Crippen LogP contribution < -0.4 is 0 Å². The van der Waals surface area contributed by atoms with Crippen molar-refractivity contribution in [2.75, 3.05) is 7.11 Å². The Morgan fingerprint density at radius 3 is 2.71 bits per heavy atom. The number of rotatable bonds is 2. The summed E-state index contributed by atoms with van der Waals surface area (Å²) in [5.74, 6) is -0.818. The smallest absolute Gasteiger partial charge is 0.178 e. The summed E-state index contributed by atoms with van der Waals surface area (Å²) in [4.78, 5) is 16.2. The van der Waals surface area contributed by atoms with Crippen LogP contribution in [0.4, 0.5) is 4.39 Å². The minimum atomic E-state index is -1.13. The highest BCUT2D eigenvalue weighted by Crippen LogP contribution is 2.46. The number of hydrogen-bond donors (Lipinski definition) is 0. The fraction of sp³-hybridized carbons (Fsp3) is 0.400. The van der Waals surface area contributed by atoms with E-state index >= 15 is 0 Å². The number of nitriles is 1. The number of methoxy groups -OCH3 is 1. The topological polar surface area (TPSA) is 63.0 Å². The van der Waals surface area contributed by atoms with Crippen LogP contribution in [0.1, 0.15) is 26.0 Å². The van der Waals surface area contributed by atoms with Crippen LogP contribution in [0.25, 0.3) is 0 Å². The summed E-state index contributed by atoms with van der Waals surface area (Å²) >= 11 is 6.07. The molecular weight excluding hydrogens is 295 g/mol. The van der Waals surface area contributed by atoms with Gasteiger partial charge in [0.1, 0.15) is 17.5 Å². The first-order chi connectivity index (χ1) is 9.75. The van der Waals surface area contributed by atoms with E-state index in [9.17, 15) is 14.4 Å². The van der Waals surface area contributed by atoms with Gasteiger partial charge in [-0.05, 0) is 18.6 Å². The van der Waals surface area contributed by atoms with Crippen molar-refractivity contribution < 1.29 is 13.9 Å². The first-order valence-corrected chi connectivity index (χ1v) is 6.68. The Labute approximate surface area is 127 Å². The minimum Gasteiger partial charge on any atom is -0.368 e. The van der Waals surface area contributed by atoms with Gasteiger partial charge in [-0.3, -0.25) is 9.78 Å². The van der Waals surface area contributed by atoms with Crippen LogP contribution in [0.2, 0.25) is 5.02 Å². The fourth-order valence-electron chi connectivity index (χ4n) is 2.64. The van der Waals surface area contributed by atoms with Crippen molar-refractivity contribution in [3.05, 3.63) is 40.4 Å². The quantitative estimate of drug-likeness (QED) is 0.842. The van der Waals surface area contributed by atoms with Crippen molar-refractivity contribution in [3.8, 4) is 6.07 Å². The van der Waals surface area contributed by atoms with Gasteiger partial charge in [0.15, 0.2) is 5.78 Å². The van der Waals surface area contributed by atoms with Crippen LogP contribution in [0.15, 0.2) is 23.9 Å². The molecule has 2 rings (SSSR count). The summed E-state index contributed by atoms with van der Waals surface area (Å²) in [6, 6.07) is 3.02. The summed E-state index contributed by atoms with van der Waals surface area (Å²) in [5, 5.41) is 9.27. The van der Waals surface area contributed by atoms with Crippen LogP contribution >= 0.6 is 11.6 Å². The van der Waals surface area contributed by atoms with Crippen molar-refractivity contribution in [1.29, 1.82) is 5.26 Å². The number of carbonyl (C=O) groups is 1. The minimum absolute atomic E-state index is 0.00436. The van der Waals surface area contributed by atoms with Crippen molar-refractivity contribution in [2.45, 2.75) is 25.9 Å². The molecule has 0 bridgehead atoms. The normalized spacial score (nSPS) is 24.4. The standard InChI is InChI=1S/C15H14ClFN2O2/c1-14(2)8-15(21-3,5-9(6-18)13(14)20)12-11(16)4-10(17)7-19-12/h4-5,7H,8H2,1-3H3. The summed E-state index contributed by atoms with van der Waals surface area (Å²) in [6.45, 7) is 3.45. The molecule has 0 spiro atoms. The number of aromatic nitrogens is 1. The number of nitrogens with zero attached hydrogens (tertiary/aromatic N) is 2. The fourth-order valence-corrected chi connectivity index (χ4v) is 2.95. The molecule has 0 aliphatic heterocycles. The molecule has 0 saturated heterocycles. The van der Waals surface area contributed by atoms with Gasteiger partial charge in [0.2, 0.25) is 0 Å². The Morgan fingerprint density at radius 2 is 2.19 bits per heavy atom. The molecule has 110 valence electrons. The van der Waals surface area contributed by atoms with Gasteiger partial charge < -0.3 is 4.74 Å². The first-order valence-electron chi connectivity index (χ1n) is 6.30. The Hall–Kier alpha value is -1.77. The third-order valence-corrected chi connectivity index (χ3v) is 3.92. The summed E-state index contributed by atoms with van der Waals surface area (Å²) in [6.07, 6.45) is 2.72. The molecule has 1 heterocycles. The molecule has 6 heteroatoms. The lowest BCUT2D eigenvalue weighted by Gasteiger charge is -2.40. The van der Waals surface area contributed by atoms with Gasteiger partial charge in [-0.2, -0.15) is 5.26 Å². The van der Waals surface area contributed by atoms with Crippen molar-refractivity contribution in [1.82, 2.24) is 4.98 Å². The van der Waals surface area contributed by atoms with Crippen LogP contribution in [0.3, 0.4) is 0 Å². The van der Waals surface area contributed by atoms with Crippen LogP contribution in [-0.2, 0) is 15.1 Å². The number of Topliss-reactive ketones (excluding diaryl/α,β-unsaturated/α-hetero) is 1. The Kier molecular flexibility index (Phi) is 3.87. The molecule has 1 atom stereocenters. The molecule has 1 unspecified atom stereocenters. The summed E-state index contributed by atoms with van der Waals surface area (Å²) in [7, 11) is 1.44. The molecule has 0 N–H and O–H groups in total. The predicted molar refractivity (Wildman–Crippen MR) is 75.0 cm³/mol. The summed E-state index contributed by atoms with van der Waals surface area (Å²) < 4.78 is 18.7. The molecule has 1 aliphatic carbocycles. The second-order valence-electron chi connectivity index (χ2n) is 5.64. The monoisotopic (exact) mass is 308 g/mol. The van der Waals surface area contributed by atoms with Gasteiger partial charge >= 0.3 is 0 Å². The van der Waals surface area contributed by atoms with Crippen LogP contribution in [0.5, 0.6) is 0 Å². The molecule has 0 aromatic carbocycles. The van der Waals surface area contributed by atoms with Crippen molar-refractivity contribution in [3.63, 3.8) is 0 Å². The molecule has 1 aromatic rings. The largest absolute Gasteiger partial charge is 0.368 e. The molecular formula is C15H14ClFN2O2. The Balaban J connectivity index is 2.69. The van der Waals surface area contributed by atoms with E-state index in [0.29, 0.717) is 5.69 Å². The zero-order valence-corrected chi connectivity index (χ0v) is 12.7. The predicted octanol–water partition coefficient (Wildman–Crippen LogP) is 3.16. The van der Waals surface area contributed by atoms with Crippen molar-refractivity contribution in [2.24, 2.45) is 5.41 Å². The average Bonchev–Trinajstić information content (AvgIpc) is 2.41. The maximum Gasteiger partial charge on any atom is 0.178 e. The SMILES string of the molecule is COC1(c2ncc(F)cc2Cl)C=C(C#N)C(=O)C(C)(C)C1. The third kappa shape index (κ3) is 2.57. The van der Waals surface area contributed by atoms with E-state index in [1.54, 1.807) is 13.8 Å². The zero-order chi connectivity index (χ0) is 15.8. The van der Waals surface area contributed by atoms with Crippen LogP contribution in [0, 0.1) is 22.6 Å². The highest BCUT2D eigenvalue weighted by molar-refractivity contribution is 6.31. The van der Waals surface area contributed by atoms with E-state index in [1.807, 2.05) is 6.07 Å². The lowest BCUT2D eigenvalue weighted by atomic mass is 9.68. The van der Waals surface area contributed by atoms with Gasteiger partial charge in [-0.1, -0.05) is 25.4 Å². The van der Waals surface area contributed by atoms with E-state index in [2.05, 4.69) is 4.98 Å². The van der Waals surface area contributed by atoms with E-state index in [1.165, 1.54) is 13.2 Å². The maximum atomic E-state index is 13.2. The van der Waals surface area contributed by atoms with E-state index in [-0.39, 0.29) is 22.8 Å². The average molecular weight is 309 g/mol. The maximum absolute atomic E-state index is 13.2. The van der Waals surface area contributed by atoms with Crippen LogP contribution in [-0.4, -0.2) is 17.9 Å². The van der Waals surface area contributed by atoms with Gasteiger partial charge in [0.25, 0.3) is 0 Å².